The number of ether oxygens (including phenoxy) is 3. The lowest BCUT2D eigenvalue weighted by atomic mass is 10.1. The van der Waals surface area contributed by atoms with Gasteiger partial charge in [0.2, 0.25) is 0 Å². The van der Waals surface area contributed by atoms with E-state index >= 15 is 0 Å². The van der Waals surface area contributed by atoms with Crippen LogP contribution in [0.4, 0.5) is 4.79 Å². The fraction of sp³-hybridized carbons (Fsp3) is 0.632. The Morgan fingerprint density at radius 2 is 2.04 bits per heavy atom. The standard InChI is InChI=1S/C19H29NO6/c1-18(2,3)26-17(22)20-9-16(25-14-19(23,12-20)13-21)11-24-10-15-7-5-4-6-8-15/h4-8,16,21,23H,9-14H2,1-3H3/t16-,19+/m0/s1. The average molecular weight is 367 g/mol. The summed E-state index contributed by atoms with van der Waals surface area (Å²) in [5.41, 5.74) is -1.14. The molecule has 0 bridgehead atoms. The number of benzene rings is 1. The van der Waals surface area contributed by atoms with Crippen LogP contribution in [0.5, 0.6) is 0 Å². The summed E-state index contributed by atoms with van der Waals surface area (Å²) in [6.45, 7) is 5.58. The molecule has 1 aromatic rings. The fourth-order valence-electron chi connectivity index (χ4n) is 2.58. The van der Waals surface area contributed by atoms with Crippen molar-refractivity contribution in [2.24, 2.45) is 0 Å². The Morgan fingerprint density at radius 3 is 2.65 bits per heavy atom. The van der Waals surface area contributed by atoms with Gasteiger partial charge in [-0.2, -0.15) is 0 Å². The molecule has 26 heavy (non-hydrogen) atoms. The molecule has 1 aliphatic heterocycles. The molecule has 1 heterocycles. The Balaban J connectivity index is 1.97. The molecule has 0 aliphatic carbocycles. The van der Waals surface area contributed by atoms with E-state index in [1.807, 2.05) is 30.3 Å². The van der Waals surface area contributed by atoms with E-state index in [9.17, 15) is 15.0 Å². The zero-order chi connectivity index (χ0) is 19.2. The minimum absolute atomic E-state index is 0.0619. The highest BCUT2D eigenvalue weighted by atomic mass is 16.6. The number of rotatable bonds is 5. The van der Waals surface area contributed by atoms with Gasteiger partial charge in [-0.05, 0) is 26.3 Å². The van der Waals surface area contributed by atoms with Crippen molar-refractivity contribution in [1.82, 2.24) is 4.90 Å². The Labute approximate surface area is 154 Å². The number of amides is 1. The Morgan fingerprint density at radius 1 is 1.35 bits per heavy atom. The molecule has 1 amide bonds. The molecule has 1 saturated heterocycles. The van der Waals surface area contributed by atoms with E-state index < -0.39 is 30.0 Å². The fourth-order valence-corrected chi connectivity index (χ4v) is 2.58. The second-order valence-electron chi connectivity index (χ2n) is 7.68. The molecule has 0 unspecified atom stereocenters. The molecule has 7 nitrogen and oxygen atoms in total. The Bertz CT molecular complexity index is 573. The number of β-amino-alcohol motifs (C(OH)–C–C–N with tert-alkyl or cyclic N) is 1. The van der Waals surface area contributed by atoms with Gasteiger partial charge in [-0.1, -0.05) is 30.3 Å². The minimum atomic E-state index is -1.52. The van der Waals surface area contributed by atoms with Gasteiger partial charge in [0.25, 0.3) is 0 Å². The first-order valence-electron chi connectivity index (χ1n) is 8.75. The summed E-state index contributed by atoms with van der Waals surface area (Å²) in [5.74, 6) is 0. The minimum Gasteiger partial charge on any atom is -0.444 e. The van der Waals surface area contributed by atoms with Crippen LogP contribution in [0, 0.1) is 0 Å². The maximum Gasteiger partial charge on any atom is 0.410 e. The Kier molecular flexibility index (Phi) is 7.00. The van der Waals surface area contributed by atoms with Gasteiger partial charge in [0, 0.05) is 0 Å². The predicted molar refractivity (Wildman–Crippen MR) is 95.7 cm³/mol. The summed E-state index contributed by atoms with van der Waals surface area (Å²) in [4.78, 5) is 13.8. The third kappa shape index (κ3) is 6.57. The predicted octanol–water partition coefficient (Wildman–Crippen LogP) is 1.56. The van der Waals surface area contributed by atoms with Crippen LogP contribution in [0.3, 0.4) is 0 Å². The Hall–Kier alpha value is -1.67. The monoisotopic (exact) mass is 367 g/mol. The third-order valence-electron chi connectivity index (χ3n) is 3.86. The molecule has 1 aliphatic rings. The molecule has 7 heteroatoms. The molecular weight excluding hydrogens is 338 g/mol. The topological polar surface area (TPSA) is 88.5 Å². The molecule has 0 saturated carbocycles. The van der Waals surface area contributed by atoms with Crippen LogP contribution in [-0.4, -0.2) is 71.4 Å². The van der Waals surface area contributed by atoms with Crippen LogP contribution in [0.1, 0.15) is 26.3 Å². The van der Waals surface area contributed by atoms with Gasteiger partial charge in [0.15, 0.2) is 0 Å². The molecule has 0 aromatic heterocycles. The van der Waals surface area contributed by atoms with Crippen molar-refractivity contribution >= 4 is 6.09 Å². The molecule has 1 fully saturated rings. The molecule has 0 spiro atoms. The van der Waals surface area contributed by atoms with E-state index in [1.54, 1.807) is 20.8 Å². The summed E-state index contributed by atoms with van der Waals surface area (Å²) >= 11 is 0. The first-order chi connectivity index (χ1) is 12.2. The van der Waals surface area contributed by atoms with E-state index in [0.29, 0.717) is 6.61 Å². The van der Waals surface area contributed by atoms with Gasteiger partial charge in [-0.15, -0.1) is 0 Å². The number of aliphatic hydroxyl groups is 2. The van der Waals surface area contributed by atoms with Gasteiger partial charge in [0.05, 0.1) is 45.6 Å². The average Bonchev–Trinajstić information content (AvgIpc) is 2.75. The second kappa shape index (κ2) is 8.81. The summed E-state index contributed by atoms with van der Waals surface area (Å²) in [6.07, 6.45) is -0.977. The highest BCUT2D eigenvalue weighted by Gasteiger charge is 2.38. The molecule has 1 aromatic carbocycles. The summed E-state index contributed by atoms with van der Waals surface area (Å²) < 4.78 is 16.8. The molecule has 2 N–H and O–H groups in total. The molecule has 2 atom stereocenters. The van der Waals surface area contributed by atoms with Crippen molar-refractivity contribution in [1.29, 1.82) is 0 Å². The molecule has 2 rings (SSSR count). The zero-order valence-corrected chi connectivity index (χ0v) is 15.7. The van der Waals surface area contributed by atoms with Crippen molar-refractivity contribution in [2.75, 3.05) is 32.9 Å². The largest absolute Gasteiger partial charge is 0.444 e. The zero-order valence-electron chi connectivity index (χ0n) is 15.7. The van der Waals surface area contributed by atoms with Crippen LogP contribution in [-0.2, 0) is 20.8 Å². The maximum absolute atomic E-state index is 12.4. The van der Waals surface area contributed by atoms with Gasteiger partial charge in [0.1, 0.15) is 11.2 Å². The lowest BCUT2D eigenvalue weighted by Gasteiger charge is -2.31. The third-order valence-corrected chi connectivity index (χ3v) is 3.86. The molecule has 0 radical (unpaired) electrons. The first kappa shape index (κ1) is 20.6. The second-order valence-corrected chi connectivity index (χ2v) is 7.68. The number of hydrogen-bond acceptors (Lipinski definition) is 6. The first-order valence-corrected chi connectivity index (χ1v) is 8.75. The number of carbonyl (C=O) groups excluding carboxylic acids is 1. The quantitative estimate of drug-likeness (QED) is 0.821. The van der Waals surface area contributed by atoms with Crippen LogP contribution in [0.2, 0.25) is 0 Å². The van der Waals surface area contributed by atoms with Crippen LogP contribution in [0.15, 0.2) is 30.3 Å². The van der Waals surface area contributed by atoms with Gasteiger partial charge in [-0.25, -0.2) is 4.79 Å². The van der Waals surface area contributed by atoms with Crippen molar-refractivity contribution in [3.05, 3.63) is 35.9 Å². The lowest BCUT2D eigenvalue weighted by molar-refractivity contribution is -0.0939. The number of nitrogens with zero attached hydrogens (tertiary/aromatic N) is 1. The lowest BCUT2D eigenvalue weighted by Crippen LogP contribution is -2.50. The highest BCUT2D eigenvalue weighted by Crippen LogP contribution is 2.19. The molecular formula is C19H29NO6. The number of hydrogen-bond donors (Lipinski definition) is 2. The van der Waals surface area contributed by atoms with Crippen LogP contribution in [0.25, 0.3) is 0 Å². The summed E-state index contributed by atoms with van der Waals surface area (Å²) in [5, 5.41) is 19.9. The summed E-state index contributed by atoms with van der Waals surface area (Å²) in [7, 11) is 0. The SMILES string of the molecule is CC(C)(C)OC(=O)N1C[C@@H](COCc2ccccc2)OC[C@](O)(CO)C1. The van der Waals surface area contributed by atoms with Crippen molar-refractivity contribution in [3.8, 4) is 0 Å². The smallest absolute Gasteiger partial charge is 0.410 e. The molecule has 146 valence electrons. The number of aliphatic hydroxyl groups excluding tert-OH is 1. The van der Waals surface area contributed by atoms with Crippen molar-refractivity contribution in [2.45, 2.75) is 44.7 Å². The van der Waals surface area contributed by atoms with Crippen molar-refractivity contribution < 1.29 is 29.2 Å². The van der Waals surface area contributed by atoms with E-state index in [2.05, 4.69) is 0 Å². The summed E-state index contributed by atoms with van der Waals surface area (Å²) in [6, 6.07) is 9.74. The van der Waals surface area contributed by atoms with E-state index in [4.69, 9.17) is 14.2 Å². The van der Waals surface area contributed by atoms with Crippen molar-refractivity contribution in [3.63, 3.8) is 0 Å². The van der Waals surface area contributed by atoms with Gasteiger partial charge < -0.3 is 29.3 Å². The van der Waals surface area contributed by atoms with Gasteiger partial charge in [-0.3, -0.25) is 0 Å². The maximum atomic E-state index is 12.4. The van der Waals surface area contributed by atoms with Crippen LogP contribution < -0.4 is 0 Å². The van der Waals surface area contributed by atoms with Crippen LogP contribution >= 0.6 is 0 Å². The normalized spacial score (nSPS) is 24.2. The number of carbonyl (C=O) groups is 1. The van der Waals surface area contributed by atoms with E-state index in [1.165, 1.54) is 4.90 Å². The van der Waals surface area contributed by atoms with E-state index in [0.717, 1.165) is 5.56 Å². The van der Waals surface area contributed by atoms with E-state index in [-0.39, 0.29) is 26.3 Å². The highest BCUT2D eigenvalue weighted by molar-refractivity contribution is 5.68. The van der Waals surface area contributed by atoms with Gasteiger partial charge >= 0.3 is 6.09 Å².